The molecule has 1 amide bonds. The summed E-state index contributed by atoms with van der Waals surface area (Å²) in [5.41, 5.74) is 0. The monoisotopic (exact) mass is 320 g/mol. The lowest BCUT2D eigenvalue weighted by molar-refractivity contribution is -0.118. The van der Waals surface area contributed by atoms with Crippen LogP contribution in [0, 0.1) is 5.92 Å². The van der Waals surface area contributed by atoms with Gasteiger partial charge < -0.3 is 5.32 Å². The van der Waals surface area contributed by atoms with Crippen LogP contribution >= 0.6 is 11.3 Å². The second kappa shape index (κ2) is 7.09. The third-order valence-electron chi connectivity index (χ3n) is 2.70. The molecule has 0 saturated heterocycles. The highest BCUT2D eigenvalue weighted by molar-refractivity contribution is 7.91. The Bertz CT molecular complexity index is 550. The van der Waals surface area contributed by atoms with Crippen molar-refractivity contribution in [2.24, 2.45) is 5.92 Å². The van der Waals surface area contributed by atoms with Gasteiger partial charge in [0.15, 0.2) is 0 Å². The standard InChI is InChI=1S/C11H20N4O3S2/c1-5-8(6-2)15-20(17,18)11-14-13-10(19-11)12-9(16)7(3)4/h7-8,15H,5-6H2,1-4H3,(H,12,13,16). The summed E-state index contributed by atoms with van der Waals surface area (Å²) in [6.07, 6.45) is 1.40. The Balaban J connectivity index is 2.82. The van der Waals surface area contributed by atoms with E-state index in [2.05, 4.69) is 20.2 Å². The van der Waals surface area contributed by atoms with Gasteiger partial charge in [-0.15, -0.1) is 10.2 Å². The second-order valence-electron chi connectivity index (χ2n) is 4.65. The summed E-state index contributed by atoms with van der Waals surface area (Å²) in [6.45, 7) is 7.29. The number of hydrogen-bond donors (Lipinski definition) is 2. The minimum atomic E-state index is -3.68. The molecule has 0 bridgehead atoms. The minimum absolute atomic E-state index is 0.127. The molecule has 9 heteroatoms. The Morgan fingerprint density at radius 2 is 1.85 bits per heavy atom. The van der Waals surface area contributed by atoms with Gasteiger partial charge in [-0.25, -0.2) is 13.1 Å². The van der Waals surface area contributed by atoms with Crippen LogP contribution in [0.1, 0.15) is 40.5 Å². The van der Waals surface area contributed by atoms with E-state index in [4.69, 9.17) is 0 Å². The van der Waals surface area contributed by atoms with E-state index >= 15 is 0 Å². The number of aromatic nitrogens is 2. The number of carbonyl (C=O) groups is 1. The van der Waals surface area contributed by atoms with Gasteiger partial charge in [0.25, 0.3) is 10.0 Å². The molecule has 0 spiro atoms. The number of nitrogens with zero attached hydrogens (tertiary/aromatic N) is 2. The SMILES string of the molecule is CCC(CC)NS(=O)(=O)c1nnc(NC(=O)C(C)C)s1. The summed E-state index contributed by atoms with van der Waals surface area (Å²) in [5, 5.41) is 10.0. The largest absolute Gasteiger partial charge is 0.300 e. The number of amides is 1. The van der Waals surface area contributed by atoms with E-state index in [1.807, 2.05) is 13.8 Å². The molecule has 2 N–H and O–H groups in total. The van der Waals surface area contributed by atoms with Gasteiger partial charge in [0.2, 0.25) is 15.4 Å². The Kier molecular flexibility index (Phi) is 6.03. The van der Waals surface area contributed by atoms with Crippen molar-refractivity contribution >= 4 is 32.4 Å². The molecule has 1 aromatic rings. The molecule has 20 heavy (non-hydrogen) atoms. The van der Waals surface area contributed by atoms with Crippen LogP contribution in [0.4, 0.5) is 5.13 Å². The molecule has 0 fully saturated rings. The molecule has 1 heterocycles. The third kappa shape index (κ3) is 4.50. The van der Waals surface area contributed by atoms with Crippen molar-refractivity contribution in [3.8, 4) is 0 Å². The predicted molar refractivity (Wildman–Crippen MR) is 78.1 cm³/mol. The van der Waals surface area contributed by atoms with E-state index < -0.39 is 10.0 Å². The summed E-state index contributed by atoms with van der Waals surface area (Å²) in [7, 11) is -3.68. The van der Waals surface area contributed by atoms with Crippen LogP contribution in [-0.2, 0) is 14.8 Å². The first kappa shape index (κ1) is 17.0. The third-order valence-corrected chi connectivity index (χ3v) is 5.42. The van der Waals surface area contributed by atoms with Crippen molar-refractivity contribution in [3.05, 3.63) is 0 Å². The average Bonchev–Trinajstić information content (AvgIpc) is 2.85. The van der Waals surface area contributed by atoms with Crippen molar-refractivity contribution in [1.82, 2.24) is 14.9 Å². The molecule has 0 radical (unpaired) electrons. The van der Waals surface area contributed by atoms with Crippen molar-refractivity contribution in [2.45, 2.75) is 50.9 Å². The molecule has 1 rings (SSSR count). The second-order valence-corrected chi connectivity index (χ2v) is 7.52. The molecular formula is C11H20N4O3S2. The first-order chi connectivity index (χ1) is 9.30. The molecule has 0 unspecified atom stereocenters. The Morgan fingerprint density at radius 1 is 1.25 bits per heavy atom. The molecule has 0 aliphatic rings. The van der Waals surface area contributed by atoms with E-state index in [9.17, 15) is 13.2 Å². The van der Waals surface area contributed by atoms with Gasteiger partial charge in [-0.1, -0.05) is 39.0 Å². The molecule has 0 saturated carbocycles. The summed E-state index contributed by atoms with van der Waals surface area (Å²) in [6, 6.07) is -0.127. The van der Waals surface area contributed by atoms with Crippen LogP contribution in [0.15, 0.2) is 4.34 Å². The lowest BCUT2D eigenvalue weighted by Crippen LogP contribution is -2.33. The van der Waals surface area contributed by atoms with Crippen LogP contribution in [0.3, 0.4) is 0 Å². The maximum atomic E-state index is 12.1. The van der Waals surface area contributed by atoms with Crippen molar-refractivity contribution < 1.29 is 13.2 Å². The van der Waals surface area contributed by atoms with Gasteiger partial charge in [-0.2, -0.15) is 0 Å². The van der Waals surface area contributed by atoms with Gasteiger partial charge in [-0.3, -0.25) is 4.79 Å². The number of hydrogen-bond acceptors (Lipinski definition) is 6. The fraction of sp³-hybridized carbons (Fsp3) is 0.727. The highest BCUT2D eigenvalue weighted by Crippen LogP contribution is 2.21. The maximum absolute atomic E-state index is 12.1. The molecule has 7 nitrogen and oxygen atoms in total. The van der Waals surface area contributed by atoms with Crippen LogP contribution < -0.4 is 10.0 Å². The summed E-state index contributed by atoms with van der Waals surface area (Å²) in [5.74, 6) is -0.431. The topological polar surface area (TPSA) is 101 Å². The fourth-order valence-corrected chi connectivity index (χ4v) is 3.67. The quantitative estimate of drug-likeness (QED) is 0.743. The lowest BCUT2D eigenvalue weighted by Gasteiger charge is -2.12. The lowest BCUT2D eigenvalue weighted by atomic mass is 10.2. The van der Waals surface area contributed by atoms with Gasteiger partial charge in [-0.05, 0) is 12.8 Å². The number of nitrogens with one attached hydrogen (secondary N) is 2. The zero-order chi connectivity index (χ0) is 15.3. The first-order valence-corrected chi connectivity index (χ1v) is 8.76. The van der Waals surface area contributed by atoms with E-state index in [0.29, 0.717) is 12.8 Å². The predicted octanol–water partition coefficient (Wildman–Crippen LogP) is 1.60. The van der Waals surface area contributed by atoms with Crippen LogP contribution in [-0.4, -0.2) is 30.6 Å². The minimum Gasteiger partial charge on any atom is -0.300 e. The summed E-state index contributed by atoms with van der Waals surface area (Å²) < 4.78 is 26.6. The van der Waals surface area contributed by atoms with Gasteiger partial charge in [0.1, 0.15) is 0 Å². The van der Waals surface area contributed by atoms with Crippen LogP contribution in [0.25, 0.3) is 0 Å². The number of sulfonamides is 1. The molecule has 0 aliphatic heterocycles. The Hall–Kier alpha value is -1.06. The molecule has 114 valence electrons. The molecule has 1 aromatic heterocycles. The van der Waals surface area contributed by atoms with E-state index in [1.54, 1.807) is 13.8 Å². The molecular weight excluding hydrogens is 300 g/mol. The normalized spacial score (nSPS) is 12.1. The van der Waals surface area contributed by atoms with Crippen molar-refractivity contribution in [1.29, 1.82) is 0 Å². The van der Waals surface area contributed by atoms with E-state index in [-0.39, 0.29) is 27.3 Å². The Morgan fingerprint density at radius 3 is 2.35 bits per heavy atom. The number of anilines is 1. The molecule has 0 atom stereocenters. The van der Waals surface area contributed by atoms with Crippen LogP contribution in [0.2, 0.25) is 0 Å². The summed E-state index contributed by atoms with van der Waals surface area (Å²) >= 11 is 0.844. The van der Waals surface area contributed by atoms with Crippen molar-refractivity contribution in [3.63, 3.8) is 0 Å². The Labute approximate surface area is 123 Å². The fourth-order valence-electron chi connectivity index (χ4n) is 1.34. The molecule has 0 aliphatic carbocycles. The van der Waals surface area contributed by atoms with Gasteiger partial charge in [0.05, 0.1) is 0 Å². The average molecular weight is 320 g/mol. The smallest absolute Gasteiger partial charge is 0.270 e. The van der Waals surface area contributed by atoms with Crippen molar-refractivity contribution in [2.75, 3.05) is 5.32 Å². The highest BCUT2D eigenvalue weighted by atomic mass is 32.2. The van der Waals surface area contributed by atoms with Gasteiger partial charge >= 0.3 is 0 Å². The van der Waals surface area contributed by atoms with Gasteiger partial charge in [0, 0.05) is 12.0 Å². The summed E-state index contributed by atoms with van der Waals surface area (Å²) in [4.78, 5) is 11.5. The number of carbonyl (C=O) groups excluding carboxylic acids is 1. The highest BCUT2D eigenvalue weighted by Gasteiger charge is 2.23. The van der Waals surface area contributed by atoms with Crippen LogP contribution in [0.5, 0.6) is 0 Å². The maximum Gasteiger partial charge on any atom is 0.270 e. The van der Waals surface area contributed by atoms with E-state index in [1.165, 1.54) is 0 Å². The number of rotatable bonds is 7. The zero-order valence-electron chi connectivity index (χ0n) is 12.0. The molecule has 0 aromatic carbocycles. The zero-order valence-corrected chi connectivity index (χ0v) is 13.6. The van der Waals surface area contributed by atoms with E-state index in [0.717, 1.165) is 11.3 Å². The first-order valence-electron chi connectivity index (χ1n) is 6.46.